The highest BCUT2D eigenvalue weighted by atomic mass is 15.1. The fourth-order valence-corrected chi connectivity index (χ4v) is 1.99. The van der Waals surface area contributed by atoms with Crippen LogP contribution in [0.4, 0.5) is 5.69 Å². The van der Waals surface area contributed by atoms with Crippen molar-refractivity contribution >= 4 is 16.5 Å². The zero-order valence-corrected chi connectivity index (χ0v) is 9.89. The molecule has 2 rings (SSSR count). The van der Waals surface area contributed by atoms with Crippen molar-refractivity contribution in [1.82, 2.24) is 0 Å². The molecule has 0 N–H and O–H groups in total. The lowest BCUT2D eigenvalue weighted by Gasteiger charge is -2.23. The summed E-state index contributed by atoms with van der Waals surface area (Å²) < 4.78 is 0. The van der Waals surface area contributed by atoms with Crippen LogP contribution in [0.15, 0.2) is 61.7 Å². The molecule has 0 aliphatic heterocycles. The first-order valence-corrected chi connectivity index (χ1v) is 5.73. The van der Waals surface area contributed by atoms with Crippen LogP contribution in [-0.4, -0.2) is 13.1 Å². The van der Waals surface area contributed by atoms with E-state index in [9.17, 15) is 0 Å². The molecule has 1 radical (unpaired) electrons. The van der Waals surface area contributed by atoms with Gasteiger partial charge >= 0.3 is 0 Å². The van der Waals surface area contributed by atoms with E-state index < -0.39 is 0 Å². The van der Waals surface area contributed by atoms with Crippen LogP contribution in [-0.2, 0) is 0 Å². The molecule has 0 atom stereocenters. The molecule has 0 unspecified atom stereocenters. The Balaban J connectivity index is 2.51. The van der Waals surface area contributed by atoms with Gasteiger partial charge in [-0.2, -0.15) is 0 Å². The average molecular weight is 222 g/mol. The first-order valence-electron chi connectivity index (χ1n) is 5.73. The van der Waals surface area contributed by atoms with Gasteiger partial charge in [0.25, 0.3) is 0 Å². The van der Waals surface area contributed by atoms with Crippen LogP contribution >= 0.6 is 0 Å². The van der Waals surface area contributed by atoms with Gasteiger partial charge in [0.05, 0.1) is 0 Å². The maximum atomic E-state index is 3.80. The summed E-state index contributed by atoms with van der Waals surface area (Å²) in [6, 6.07) is 15.6. The summed E-state index contributed by atoms with van der Waals surface area (Å²) >= 11 is 0. The molecule has 2 aromatic carbocycles. The highest BCUT2D eigenvalue weighted by Crippen LogP contribution is 2.26. The lowest BCUT2D eigenvalue weighted by Crippen LogP contribution is -2.23. The van der Waals surface area contributed by atoms with Gasteiger partial charge in [-0.15, -0.1) is 13.2 Å². The maximum Gasteiger partial charge on any atom is 0.0451 e. The summed E-state index contributed by atoms with van der Waals surface area (Å²) in [5.74, 6) is 0. The van der Waals surface area contributed by atoms with Crippen molar-refractivity contribution in [3.05, 3.63) is 67.8 Å². The van der Waals surface area contributed by atoms with E-state index in [0.717, 1.165) is 18.5 Å². The van der Waals surface area contributed by atoms with E-state index in [2.05, 4.69) is 48.4 Å². The predicted molar refractivity (Wildman–Crippen MR) is 75.4 cm³/mol. The minimum Gasteiger partial charge on any atom is -0.364 e. The summed E-state index contributed by atoms with van der Waals surface area (Å²) in [6.45, 7) is 9.25. The summed E-state index contributed by atoms with van der Waals surface area (Å²) in [5.41, 5.74) is 1.21. The Morgan fingerprint density at radius 3 is 2.47 bits per heavy atom. The standard InChI is InChI=1S/C16H16N/c1-3-12-17(13-4-2)16-11-7-9-14-8-5-6-10-15(14)16/h3-8,10-11H,1-2,12-13H2. The SMILES string of the molecule is C=CCN(CC=C)c1cc[c]c2ccccc12. The van der Waals surface area contributed by atoms with Crippen LogP contribution in [0.25, 0.3) is 10.8 Å². The topological polar surface area (TPSA) is 3.24 Å². The molecular formula is C16H16N. The highest BCUT2D eigenvalue weighted by Gasteiger charge is 2.06. The zero-order chi connectivity index (χ0) is 12.1. The third-order valence-electron chi connectivity index (χ3n) is 2.72. The van der Waals surface area contributed by atoms with Crippen molar-refractivity contribution in [2.24, 2.45) is 0 Å². The van der Waals surface area contributed by atoms with E-state index in [1.807, 2.05) is 24.3 Å². The molecule has 0 fully saturated rings. The van der Waals surface area contributed by atoms with Crippen LogP contribution < -0.4 is 4.90 Å². The first kappa shape index (κ1) is 11.5. The van der Waals surface area contributed by atoms with E-state index in [4.69, 9.17) is 0 Å². The molecule has 0 bridgehead atoms. The molecule has 2 aromatic rings. The Labute approximate surface area is 103 Å². The van der Waals surface area contributed by atoms with Crippen molar-refractivity contribution < 1.29 is 0 Å². The van der Waals surface area contributed by atoms with Gasteiger partial charge in [0, 0.05) is 24.2 Å². The fourth-order valence-electron chi connectivity index (χ4n) is 1.99. The lowest BCUT2D eigenvalue weighted by atomic mass is 10.1. The third-order valence-corrected chi connectivity index (χ3v) is 2.72. The second-order valence-electron chi connectivity index (χ2n) is 3.89. The largest absolute Gasteiger partial charge is 0.364 e. The number of benzene rings is 2. The van der Waals surface area contributed by atoms with E-state index in [-0.39, 0.29) is 0 Å². The molecule has 0 saturated heterocycles. The van der Waals surface area contributed by atoms with E-state index in [1.54, 1.807) is 0 Å². The van der Waals surface area contributed by atoms with Gasteiger partial charge in [-0.05, 0) is 17.5 Å². The van der Waals surface area contributed by atoms with Gasteiger partial charge in [-0.3, -0.25) is 0 Å². The summed E-state index contributed by atoms with van der Waals surface area (Å²) in [7, 11) is 0. The molecule has 0 saturated carbocycles. The van der Waals surface area contributed by atoms with Crippen molar-refractivity contribution in [3.8, 4) is 0 Å². The molecule has 1 heteroatoms. The van der Waals surface area contributed by atoms with E-state index >= 15 is 0 Å². The number of anilines is 1. The van der Waals surface area contributed by atoms with Crippen LogP contribution in [0.1, 0.15) is 0 Å². The number of hydrogen-bond donors (Lipinski definition) is 0. The summed E-state index contributed by atoms with van der Waals surface area (Å²) in [6.07, 6.45) is 3.82. The second-order valence-corrected chi connectivity index (χ2v) is 3.89. The van der Waals surface area contributed by atoms with Crippen molar-refractivity contribution in [3.63, 3.8) is 0 Å². The Morgan fingerprint density at radius 2 is 1.76 bits per heavy atom. The summed E-state index contributed by atoms with van der Waals surface area (Å²) in [4.78, 5) is 2.25. The number of fused-ring (bicyclic) bond motifs is 1. The van der Waals surface area contributed by atoms with Crippen LogP contribution in [0.2, 0.25) is 0 Å². The maximum absolute atomic E-state index is 3.80. The highest BCUT2D eigenvalue weighted by molar-refractivity contribution is 5.94. The normalized spacial score (nSPS) is 10.1. The third kappa shape index (κ3) is 2.39. The molecular weight excluding hydrogens is 206 g/mol. The molecule has 17 heavy (non-hydrogen) atoms. The molecule has 0 amide bonds. The fraction of sp³-hybridized carbons (Fsp3) is 0.125. The second kappa shape index (κ2) is 5.35. The molecule has 85 valence electrons. The predicted octanol–water partition coefficient (Wildman–Crippen LogP) is 3.82. The van der Waals surface area contributed by atoms with Crippen molar-refractivity contribution in [2.45, 2.75) is 0 Å². The molecule has 0 spiro atoms. The van der Waals surface area contributed by atoms with E-state index in [1.165, 1.54) is 11.1 Å². The Hall–Kier alpha value is -2.02. The van der Waals surface area contributed by atoms with Crippen LogP contribution in [0, 0.1) is 6.07 Å². The van der Waals surface area contributed by atoms with Gasteiger partial charge in [-0.25, -0.2) is 0 Å². The Kier molecular flexibility index (Phi) is 3.61. The minimum atomic E-state index is 0.819. The Bertz CT molecular complexity index is 513. The number of rotatable bonds is 5. The zero-order valence-electron chi connectivity index (χ0n) is 9.89. The smallest absolute Gasteiger partial charge is 0.0451 e. The quantitative estimate of drug-likeness (QED) is 0.695. The van der Waals surface area contributed by atoms with Crippen molar-refractivity contribution in [2.75, 3.05) is 18.0 Å². The van der Waals surface area contributed by atoms with Crippen LogP contribution in [0.3, 0.4) is 0 Å². The monoisotopic (exact) mass is 222 g/mol. The first-order chi connectivity index (χ1) is 8.36. The number of hydrogen-bond acceptors (Lipinski definition) is 1. The van der Waals surface area contributed by atoms with Gasteiger partial charge in [0.15, 0.2) is 0 Å². The summed E-state index contributed by atoms with van der Waals surface area (Å²) in [5, 5.41) is 2.36. The molecule has 0 aliphatic carbocycles. The Morgan fingerprint density at radius 1 is 1.06 bits per heavy atom. The van der Waals surface area contributed by atoms with Gasteiger partial charge in [0.2, 0.25) is 0 Å². The molecule has 1 nitrogen and oxygen atoms in total. The molecule has 0 heterocycles. The molecule has 0 aliphatic rings. The minimum absolute atomic E-state index is 0.819. The lowest BCUT2D eigenvalue weighted by molar-refractivity contribution is 0.963. The van der Waals surface area contributed by atoms with Gasteiger partial charge in [-0.1, -0.05) is 42.5 Å². The molecule has 0 aromatic heterocycles. The number of nitrogens with zero attached hydrogens (tertiary/aromatic N) is 1. The van der Waals surface area contributed by atoms with Gasteiger partial charge < -0.3 is 4.90 Å². The van der Waals surface area contributed by atoms with Crippen LogP contribution in [0.5, 0.6) is 0 Å². The van der Waals surface area contributed by atoms with E-state index in [0.29, 0.717) is 0 Å². The van der Waals surface area contributed by atoms with Crippen molar-refractivity contribution in [1.29, 1.82) is 0 Å². The average Bonchev–Trinajstić information content (AvgIpc) is 2.38. The van der Waals surface area contributed by atoms with Gasteiger partial charge in [0.1, 0.15) is 0 Å².